The van der Waals surface area contributed by atoms with Crippen molar-refractivity contribution in [3.8, 4) is 0 Å². The van der Waals surface area contributed by atoms with Crippen molar-refractivity contribution in [1.82, 2.24) is 20.1 Å². The molecule has 0 unspecified atom stereocenters. The van der Waals surface area contributed by atoms with Gasteiger partial charge in [-0.3, -0.25) is 0 Å². The molecule has 1 aromatic heterocycles. The highest BCUT2D eigenvalue weighted by Gasteiger charge is 2.29. The van der Waals surface area contributed by atoms with Gasteiger partial charge in [0.05, 0.1) is 11.9 Å². The van der Waals surface area contributed by atoms with E-state index in [1.165, 1.54) is 12.8 Å². The molecular weight excluding hydrogens is 294 g/mol. The average molecular weight is 319 g/mol. The fraction of sp³-hybridized carbons (Fsp3) is 0.750. The molecule has 7 nitrogen and oxygen atoms in total. The van der Waals surface area contributed by atoms with Crippen LogP contribution in [0.25, 0.3) is 0 Å². The van der Waals surface area contributed by atoms with Crippen molar-refractivity contribution in [2.75, 3.05) is 18.4 Å². The number of hydrogen-bond donors (Lipinski definition) is 1. The lowest BCUT2D eigenvalue weighted by atomic mass is 10.1. The molecule has 1 N–H and O–H groups in total. The number of anilines is 1. The first kappa shape index (κ1) is 16.0. The lowest BCUT2D eigenvalue weighted by Crippen LogP contribution is -2.47. The fourth-order valence-corrected chi connectivity index (χ4v) is 2.72. The Morgan fingerprint density at radius 1 is 1.35 bits per heavy atom. The van der Waals surface area contributed by atoms with Crippen LogP contribution in [0.15, 0.2) is 6.20 Å². The van der Waals surface area contributed by atoms with E-state index in [0.29, 0.717) is 18.4 Å². The summed E-state index contributed by atoms with van der Waals surface area (Å²) in [7, 11) is 0. The van der Waals surface area contributed by atoms with Crippen LogP contribution in [-0.2, 0) is 4.74 Å². The molecule has 126 valence electrons. The Labute approximate surface area is 136 Å². The van der Waals surface area contributed by atoms with Gasteiger partial charge in [0.15, 0.2) is 0 Å². The van der Waals surface area contributed by atoms with Gasteiger partial charge in [-0.2, -0.15) is 5.10 Å². The molecular formula is C16H25N5O2. The van der Waals surface area contributed by atoms with E-state index >= 15 is 0 Å². The Kier molecular flexibility index (Phi) is 4.37. The maximum absolute atomic E-state index is 12.2. The van der Waals surface area contributed by atoms with Gasteiger partial charge in [-0.05, 0) is 46.5 Å². The van der Waals surface area contributed by atoms with Gasteiger partial charge in [0.2, 0.25) is 5.95 Å². The Bertz CT molecular complexity index is 568. The van der Waals surface area contributed by atoms with E-state index in [2.05, 4.69) is 20.5 Å². The highest BCUT2D eigenvalue weighted by Crippen LogP contribution is 2.38. The van der Waals surface area contributed by atoms with Crippen molar-refractivity contribution < 1.29 is 9.53 Å². The van der Waals surface area contributed by atoms with Crippen LogP contribution in [0.1, 0.15) is 58.1 Å². The zero-order valence-electron chi connectivity index (χ0n) is 14.1. The zero-order chi connectivity index (χ0) is 16.4. The van der Waals surface area contributed by atoms with Gasteiger partial charge in [-0.15, -0.1) is 5.10 Å². The van der Waals surface area contributed by atoms with Crippen molar-refractivity contribution in [3.05, 3.63) is 11.9 Å². The Morgan fingerprint density at radius 3 is 2.83 bits per heavy atom. The van der Waals surface area contributed by atoms with Gasteiger partial charge < -0.3 is 15.0 Å². The molecule has 23 heavy (non-hydrogen) atoms. The zero-order valence-corrected chi connectivity index (χ0v) is 14.1. The predicted octanol–water partition coefficient (Wildman–Crippen LogP) is 2.56. The summed E-state index contributed by atoms with van der Waals surface area (Å²) in [5.74, 6) is 1.11. The third kappa shape index (κ3) is 4.53. The number of ether oxygens (including phenoxy) is 1. The molecule has 2 heterocycles. The molecule has 2 aliphatic rings. The number of carbonyl (C=O) groups is 1. The quantitative estimate of drug-likeness (QED) is 0.922. The van der Waals surface area contributed by atoms with E-state index in [1.54, 1.807) is 11.1 Å². The number of nitrogens with one attached hydrogen (secondary N) is 1. The first-order valence-corrected chi connectivity index (χ1v) is 8.35. The van der Waals surface area contributed by atoms with Crippen LogP contribution in [0, 0.1) is 0 Å². The minimum atomic E-state index is -0.469. The number of aromatic nitrogens is 3. The molecule has 1 saturated heterocycles. The highest BCUT2D eigenvalue weighted by atomic mass is 16.6. The van der Waals surface area contributed by atoms with Crippen molar-refractivity contribution in [3.63, 3.8) is 0 Å². The maximum atomic E-state index is 12.2. The summed E-state index contributed by atoms with van der Waals surface area (Å²) in [5.41, 5.74) is 0.547. The maximum Gasteiger partial charge on any atom is 0.410 e. The monoisotopic (exact) mass is 319 g/mol. The number of nitrogens with zero attached hydrogens (tertiary/aromatic N) is 4. The largest absolute Gasteiger partial charge is 0.444 e. The van der Waals surface area contributed by atoms with Crippen LogP contribution in [0.2, 0.25) is 0 Å². The van der Waals surface area contributed by atoms with Gasteiger partial charge in [0.1, 0.15) is 5.60 Å². The molecule has 0 spiro atoms. The molecule has 0 radical (unpaired) electrons. The number of amides is 1. The molecule has 0 bridgehead atoms. The number of hydrogen-bond acceptors (Lipinski definition) is 6. The van der Waals surface area contributed by atoms with E-state index in [4.69, 9.17) is 4.74 Å². The normalized spacial score (nSPS) is 21.9. The first-order chi connectivity index (χ1) is 10.9. The molecule has 1 saturated carbocycles. The molecule has 1 atom stereocenters. The minimum absolute atomic E-state index is 0.132. The van der Waals surface area contributed by atoms with Crippen LogP contribution in [0.5, 0.6) is 0 Å². The summed E-state index contributed by atoms with van der Waals surface area (Å²) in [4.78, 5) is 18.5. The van der Waals surface area contributed by atoms with Crippen LogP contribution < -0.4 is 5.32 Å². The molecule has 2 fully saturated rings. The van der Waals surface area contributed by atoms with Crippen LogP contribution >= 0.6 is 0 Å². The van der Waals surface area contributed by atoms with Gasteiger partial charge in [-0.25, -0.2) is 9.78 Å². The molecule has 1 aliphatic carbocycles. The number of piperidine rings is 1. The first-order valence-electron chi connectivity index (χ1n) is 8.35. The van der Waals surface area contributed by atoms with Gasteiger partial charge in [-0.1, -0.05) is 0 Å². The van der Waals surface area contributed by atoms with Gasteiger partial charge in [0.25, 0.3) is 0 Å². The molecule has 0 aromatic carbocycles. The van der Waals surface area contributed by atoms with E-state index in [1.807, 2.05) is 20.8 Å². The third-order valence-electron chi connectivity index (χ3n) is 3.98. The van der Waals surface area contributed by atoms with Crippen molar-refractivity contribution in [2.24, 2.45) is 0 Å². The minimum Gasteiger partial charge on any atom is -0.444 e. The Balaban J connectivity index is 1.58. The molecule has 1 amide bonds. The van der Waals surface area contributed by atoms with E-state index in [9.17, 15) is 4.79 Å². The second-order valence-corrected chi connectivity index (χ2v) is 7.39. The summed E-state index contributed by atoms with van der Waals surface area (Å²) >= 11 is 0. The smallest absolute Gasteiger partial charge is 0.410 e. The molecule has 1 aliphatic heterocycles. The summed E-state index contributed by atoms with van der Waals surface area (Å²) in [6.45, 7) is 6.98. The second-order valence-electron chi connectivity index (χ2n) is 7.39. The van der Waals surface area contributed by atoms with Crippen LogP contribution in [-0.4, -0.2) is 50.9 Å². The predicted molar refractivity (Wildman–Crippen MR) is 86.3 cm³/mol. The average Bonchev–Trinajstić information content (AvgIpc) is 3.31. The molecule has 3 rings (SSSR count). The Morgan fingerprint density at radius 2 is 2.13 bits per heavy atom. The summed E-state index contributed by atoms with van der Waals surface area (Å²) in [6.07, 6.45) is 5.79. The molecule has 1 aromatic rings. The van der Waals surface area contributed by atoms with E-state index in [-0.39, 0.29) is 12.1 Å². The number of rotatable bonds is 3. The Hall–Kier alpha value is -1.92. The second kappa shape index (κ2) is 6.29. The van der Waals surface area contributed by atoms with E-state index < -0.39 is 5.60 Å². The SMILES string of the molecule is CC(C)(C)OC(=O)N1CCC[C@@H](Nc2nncc(C3CC3)n2)C1. The van der Waals surface area contributed by atoms with Crippen molar-refractivity contribution in [2.45, 2.75) is 64.0 Å². The van der Waals surface area contributed by atoms with Gasteiger partial charge in [0, 0.05) is 25.0 Å². The fourth-order valence-electron chi connectivity index (χ4n) is 2.72. The summed E-state index contributed by atoms with van der Waals surface area (Å²) < 4.78 is 5.45. The lowest BCUT2D eigenvalue weighted by molar-refractivity contribution is 0.0206. The lowest BCUT2D eigenvalue weighted by Gasteiger charge is -2.34. The molecule has 7 heteroatoms. The topological polar surface area (TPSA) is 80.2 Å². The number of likely N-dealkylation sites (tertiary alicyclic amines) is 1. The third-order valence-corrected chi connectivity index (χ3v) is 3.98. The standard InChI is InChI=1S/C16H25N5O2/c1-16(2,3)23-15(22)21-8-4-5-12(10-21)18-14-19-13(9-17-20-14)11-6-7-11/h9,11-12H,4-8,10H2,1-3H3,(H,18,19,20)/t12-/m1/s1. The van der Waals surface area contributed by atoms with Gasteiger partial charge >= 0.3 is 6.09 Å². The summed E-state index contributed by atoms with van der Waals surface area (Å²) in [5, 5.41) is 11.4. The number of carbonyl (C=O) groups excluding carboxylic acids is 1. The van der Waals surface area contributed by atoms with Crippen LogP contribution in [0.4, 0.5) is 10.7 Å². The van der Waals surface area contributed by atoms with Crippen LogP contribution in [0.3, 0.4) is 0 Å². The van der Waals surface area contributed by atoms with Crippen molar-refractivity contribution in [1.29, 1.82) is 0 Å². The van der Waals surface area contributed by atoms with E-state index in [0.717, 1.165) is 25.1 Å². The summed E-state index contributed by atoms with van der Waals surface area (Å²) in [6, 6.07) is 0.132. The van der Waals surface area contributed by atoms with Crippen molar-refractivity contribution >= 4 is 12.0 Å². The highest BCUT2D eigenvalue weighted by molar-refractivity contribution is 5.68.